The number of phenols is 1. The molecule has 1 spiro atoms. The van der Waals surface area contributed by atoms with Gasteiger partial charge in [-0.3, -0.25) is 4.79 Å². The third-order valence-electron chi connectivity index (χ3n) is 22.1. The molecule has 12 aromatic rings. The van der Waals surface area contributed by atoms with Gasteiger partial charge in [-0.25, -0.2) is 48.3 Å². The van der Waals surface area contributed by atoms with E-state index in [-0.39, 0.29) is 130 Å². The Morgan fingerprint density at radius 2 is 0.582 bits per heavy atom. The van der Waals surface area contributed by atoms with Crippen LogP contribution in [0.15, 0.2) is 201 Å². The molecule has 1 fully saturated rings. The van der Waals surface area contributed by atoms with E-state index in [4.69, 9.17) is 67.3 Å². The van der Waals surface area contributed by atoms with Crippen LogP contribution in [0, 0.1) is 64.0 Å². The first kappa shape index (κ1) is 120. The Kier molecular flexibility index (Phi) is 49.4. The van der Waals surface area contributed by atoms with Crippen molar-refractivity contribution in [2.75, 3.05) is 84.2 Å². The molecule has 0 radical (unpaired) electrons. The number of carbonyl (C=O) groups is 1. The van der Waals surface area contributed by atoms with E-state index in [0.29, 0.717) is 96.3 Å². The molecule has 0 unspecified atom stereocenters. The van der Waals surface area contributed by atoms with Gasteiger partial charge in [0.1, 0.15) is 9.83 Å². The third-order valence-corrected chi connectivity index (χ3v) is 27.0. The molecule has 34 heteroatoms. The molecule has 0 atom stereocenters. The Morgan fingerprint density at radius 1 is 0.308 bits per heavy atom. The lowest BCUT2D eigenvalue weighted by Gasteiger charge is -2.26. The highest BCUT2D eigenvalue weighted by Crippen LogP contribution is 2.67. The number of rotatable bonds is 36. The molecule has 0 saturated carbocycles. The number of halogens is 16. The standard InChI is InChI=1S/C21H22F2O2S2.C19H18F4O2.C19H18F2O3.C18H20F2O2.C10H14BFO3.C10H12BrFO.C8H9BrO.C6H4BrFO.CH4/c1-3-5-10-25-16-9-7-14-13-6-8-15(24-4-2)19(22)17(13)21(18(14)20(16)23)26-11-12-27-21;1-3-5-10-25-14-9-7-12-11-6-8-13(24-4-2)17(20)15(11)19(22,23)16(12)18(14)21;1-3-5-10-24-14-9-7-12-11-6-8-13(23-4-2)17(20)15(11)19(22)16(12)18(14)21;1-3-5-10-22-18-9-7-14(12-16(18)20)13-6-8-17(21-4-2)15(19)11-13;1-2-3-6-15-10-5-4-8(11(13)14)7-9(10)12;1-2-3-6-13-10-5-4-8(11)7-9(10)12;1-2-10-8-5-3-7(9)4-6-8;7-4-1-2-6(9)5(8)3-4;/h6-9H,3-5,10-12H2,1-2H3;6-9H,3-5,10H2,1-2H3;6-9H,3-5,10H2,1-2H3;6-9,11-12H,3-5,10H2,1-2H3;4-5,7,13-14H,2-3,6H2,1H3;4-5,7H,2-3,6H2,1H3;3-6H,2H2,1H3;1-3,9H;1H4. The molecule has 1 heterocycles. The number of aromatic hydroxyl groups is 1. The molecule has 16 rings (SSSR count). The second kappa shape index (κ2) is 59.9. The largest absolute Gasteiger partial charge is 0.505 e. The van der Waals surface area contributed by atoms with Gasteiger partial charge >= 0.3 is 13.0 Å². The first-order chi connectivity index (χ1) is 69.7. The van der Waals surface area contributed by atoms with Gasteiger partial charge in [-0.1, -0.05) is 166 Å². The molecule has 146 heavy (non-hydrogen) atoms. The molecular weight excluding hydrogens is 2150 g/mol. The van der Waals surface area contributed by atoms with E-state index < -0.39 is 80.6 Å². The highest BCUT2D eigenvalue weighted by atomic mass is 79.9. The van der Waals surface area contributed by atoms with Gasteiger partial charge in [-0.15, -0.1) is 23.5 Å². The molecule has 3 N–H and O–H groups in total. The van der Waals surface area contributed by atoms with Gasteiger partial charge < -0.3 is 67.3 Å². The predicted molar refractivity (Wildman–Crippen MR) is 565 cm³/mol. The molecule has 3 aliphatic carbocycles. The fraction of sp³-hybridized carbons (Fsp3) is 0.348. The number of phenolic OH excluding ortho intramolecular Hbond substituents is 1. The van der Waals surface area contributed by atoms with Crippen LogP contribution in [0.2, 0.25) is 0 Å². The summed E-state index contributed by atoms with van der Waals surface area (Å²) in [6.07, 6.45) is 10.8. The summed E-state index contributed by atoms with van der Waals surface area (Å²) in [5.41, 5.74) is 2.68. The molecule has 1 saturated heterocycles. The van der Waals surface area contributed by atoms with Gasteiger partial charge in [0.15, 0.2) is 133 Å². The average Bonchev–Trinajstić information content (AvgIpc) is 1.53. The zero-order chi connectivity index (χ0) is 106. The minimum Gasteiger partial charge on any atom is -0.505 e. The van der Waals surface area contributed by atoms with E-state index in [9.17, 15) is 53.1 Å². The van der Waals surface area contributed by atoms with Crippen molar-refractivity contribution in [2.45, 2.75) is 171 Å². The van der Waals surface area contributed by atoms with Crippen molar-refractivity contribution in [1.82, 2.24) is 0 Å². The number of hydrogen-bond donors (Lipinski definition) is 3. The summed E-state index contributed by atoms with van der Waals surface area (Å²) < 4.78 is 246. The Balaban J connectivity index is 0.000000208. The molecule has 0 amide bonds. The van der Waals surface area contributed by atoms with Crippen LogP contribution >= 0.6 is 71.3 Å². The monoisotopic (exact) mass is 2260 g/mol. The molecule has 1 aliphatic heterocycles. The van der Waals surface area contributed by atoms with E-state index in [1.54, 1.807) is 111 Å². The van der Waals surface area contributed by atoms with Gasteiger partial charge in [0, 0.05) is 36.1 Å². The number of fused-ring (bicyclic) bond motifs is 11. The fourth-order valence-electron chi connectivity index (χ4n) is 14.9. The number of unbranched alkanes of at least 4 members (excludes halogenated alkanes) is 6. The molecule has 12 aromatic carbocycles. The fourth-order valence-corrected chi connectivity index (χ4v) is 19.3. The van der Waals surface area contributed by atoms with E-state index in [0.717, 1.165) is 121 Å². The van der Waals surface area contributed by atoms with Gasteiger partial charge in [0.2, 0.25) is 0 Å². The topological polar surface area (TPSA) is 179 Å². The van der Waals surface area contributed by atoms with E-state index >= 15 is 8.78 Å². The third kappa shape index (κ3) is 31.4. The lowest BCUT2D eigenvalue weighted by molar-refractivity contribution is 0.0392. The number of hydrogen-bond acceptors (Lipinski definition) is 17. The predicted octanol–water partition coefficient (Wildman–Crippen LogP) is 32.1. The van der Waals surface area contributed by atoms with Crippen molar-refractivity contribution in [2.24, 2.45) is 0 Å². The normalized spacial score (nSPS) is 12.2. The van der Waals surface area contributed by atoms with Crippen molar-refractivity contribution < 1.29 is 129 Å². The summed E-state index contributed by atoms with van der Waals surface area (Å²) in [5.74, 6) is -8.18. The van der Waals surface area contributed by atoms with Gasteiger partial charge in [-0.05, 0) is 281 Å². The van der Waals surface area contributed by atoms with Crippen LogP contribution in [-0.4, -0.2) is 112 Å². The molecule has 786 valence electrons. The number of alkyl halides is 2. The lowest BCUT2D eigenvalue weighted by Crippen LogP contribution is -2.30. The van der Waals surface area contributed by atoms with Gasteiger partial charge in [0.25, 0.3) is 0 Å². The number of ketones is 1. The number of ether oxygens (including phenoxy) is 11. The molecule has 0 bridgehead atoms. The van der Waals surface area contributed by atoms with Crippen LogP contribution in [-0.2, 0) is 10.0 Å². The van der Waals surface area contributed by atoms with Crippen LogP contribution in [0.4, 0.5) is 57.1 Å². The van der Waals surface area contributed by atoms with Crippen LogP contribution in [0.3, 0.4) is 0 Å². The molecule has 0 aromatic heterocycles. The highest BCUT2D eigenvalue weighted by molar-refractivity contribution is 9.11. The minimum absolute atomic E-state index is 0. The van der Waals surface area contributed by atoms with Crippen molar-refractivity contribution >= 4 is 89.7 Å². The average molecular weight is 2270 g/mol. The molecule has 4 aliphatic rings. The number of benzene rings is 12. The van der Waals surface area contributed by atoms with Crippen molar-refractivity contribution in [3.63, 3.8) is 0 Å². The Labute approximate surface area is 879 Å². The smallest absolute Gasteiger partial charge is 0.488 e. The van der Waals surface area contributed by atoms with E-state index in [2.05, 4.69) is 61.6 Å². The zero-order valence-electron chi connectivity index (χ0n) is 82.3. The minimum atomic E-state index is -3.80. The summed E-state index contributed by atoms with van der Waals surface area (Å²) in [4.78, 5) is 12.6. The van der Waals surface area contributed by atoms with Crippen molar-refractivity contribution in [3.05, 3.63) is 299 Å². The van der Waals surface area contributed by atoms with Crippen LogP contribution < -0.4 is 57.6 Å². The maximum absolute atomic E-state index is 15.5. The summed E-state index contributed by atoms with van der Waals surface area (Å²) in [6, 6.07) is 48.3. The number of thioether (sulfide) groups is 2. The summed E-state index contributed by atoms with van der Waals surface area (Å²) >= 11 is 12.8. The van der Waals surface area contributed by atoms with Crippen LogP contribution in [0.1, 0.15) is 199 Å². The second-order valence-corrected chi connectivity index (χ2v) is 38.0. The Morgan fingerprint density at radius 3 is 0.918 bits per heavy atom. The van der Waals surface area contributed by atoms with Crippen molar-refractivity contribution in [1.29, 1.82) is 0 Å². The second-order valence-electron chi connectivity index (χ2n) is 32.4. The maximum atomic E-state index is 15.5. The molecule has 15 nitrogen and oxygen atoms in total. The first-order valence-electron chi connectivity index (χ1n) is 47.9. The lowest BCUT2D eigenvalue weighted by atomic mass is 9.80. The van der Waals surface area contributed by atoms with E-state index in [1.165, 1.54) is 78.9 Å². The van der Waals surface area contributed by atoms with Crippen molar-refractivity contribution in [3.8, 4) is 114 Å². The van der Waals surface area contributed by atoms with Gasteiger partial charge in [0.05, 0.1) is 94.9 Å². The maximum Gasteiger partial charge on any atom is 0.488 e. The van der Waals surface area contributed by atoms with Gasteiger partial charge in [-0.2, -0.15) is 8.78 Å². The Hall–Kier alpha value is -10.9. The summed E-state index contributed by atoms with van der Waals surface area (Å²) in [5, 5.41) is 26.3. The molecular formula is C112H121BBr3F13O15S2. The van der Waals surface area contributed by atoms with Crippen LogP contribution in [0.25, 0.3) is 44.5 Å². The quantitative estimate of drug-likeness (QED) is 0.0192. The summed E-state index contributed by atoms with van der Waals surface area (Å²) in [7, 11) is -1.65. The van der Waals surface area contributed by atoms with E-state index in [1.807, 2.05) is 77.9 Å². The first-order valence-corrected chi connectivity index (χ1v) is 52.3. The SMILES string of the molecule is C.CCCCOc1ccc(-c2ccc(OCC)c(F)c2)cc1F.CCCCOc1ccc(B(O)O)cc1F.CCCCOc1ccc(Br)cc1F.CCCCOc1ccc2c(c1F)C(=O)c1c-2ccc(OCC)c1F.CCCCOc1ccc2c(c1F)C(F)(F)c1c-2ccc(OCC)c1F.CCCCOc1ccc2c(c1F)C1(SCCS1)c1c-2ccc(OCC)c1F.CCOc1ccc(Br)cc1.Oc1ccc(Br)cc1F. The zero-order valence-corrected chi connectivity index (χ0v) is 88.6. The summed E-state index contributed by atoms with van der Waals surface area (Å²) in [6.45, 7) is 25.6. The number of carbonyl (C=O) groups excluding carboxylic acids is 1. The Bertz CT molecular complexity index is 6250. The highest BCUT2D eigenvalue weighted by Gasteiger charge is 2.53. The van der Waals surface area contributed by atoms with Crippen LogP contribution in [0.5, 0.6) is 69.0 Å².